The smallest absolute Gasteiger partial charge is 0.328 e. The summed E-state index contributed by atoms with van der Waals surface area (Å²) < 4.78 is 5.26. The molecule has 0 bridgehead atoms. The maximum atomic E-state index is 12.0. The van der Waals surface area contributed by atoms with E-state index in [2.05, 4.69) is 5.32 Å². The summed E-state index contributed by atoms with van der Waals surface area (Å²) in [7, 11) is 0. The second-order valence-electron chi connectivity index (χ2n) is 4.61. The number of amides is 1. The number of anilines is 1. The Hall–Kier alpha value is -2.82. The van der Waals surface area contributed by atoms with E-state index in [1.807, 2.05) is 13.0 Å². The minimum Gasteiger partial charge on any atom is -0.478 e. The summed E-state index contributed by atoms with van der Waals surface area (Å²) in [5.41, 5.74) is 2.18. The number of hydrogen-bond donors (Lipinski definition) is 2. The molecule has 0 unspecified atom stereocenters. The van der Waals surface area contributed by atoms with Crippen molar-refractivity contribution in [1.29, 1.82) is 0 Å². The number of rotatable bonds is 4. The van der Waals surface area contributed by atoms with Crippen LogP contribution in [0, 0.1) is 13.8 Å². The summed E-state index contributed by atoms with van der Waals surface area (Å²) in [6.45, 7) is 3.62. The molecule has 1 amide bonds. The number of carbonyl (C=O) groups excluding carboxylic acids is 1. The number of benzene rings is 1. The second kappa shape index (κ2) is 6.09. The van der Waals surface area contributed by atoms with Gasteiger partial charge >= 0.3 is 5.97 Å². The zero-order chi connectivity index (χ0) is 15.4. The minimum atomic E-state index is -1.02. The highest BCUT2D eigenvalue weighted by atomic mass is 16.4. The number of carbonyl (C=O) groups is 2. The Kier molecular flexibility index (Phi) is 4.23. The van der Waals surface area contributed by atoms with E-state index in [-0.39, 0.29) is 11.7 Å². The Morgan fingerprint density at radius 1 is 1.19 bits per heavy atom. The van der Waals surface area contributed by atoms with Crippen molar-refractivity contribution in [2.75, 3.05) is 5.32 Å². The van der Waals surface area contributed by atoms with Crippen molar-refractivity contribution in [2.45, 2.75) is 13.8 Å². The van der Waals surface area contributed by atoms with E-state index in [4.69, 9.17) is 9.52 Å². The highest BCUT2D eigenvalue weighted by Crippen LogP contribution is 2.19. The van der Waals surface area contributed by atoms with E-state index < -0.39 is 5.97 Å². The molecule has 0 fully saturated rings. The lowest BCUT2D eigenvalue weighted by molar-refractivity contribution is -0.131. The molecule has 5 nitrogen and oxygen atoms in total. The van der Waals surface area contributed by atoms with Gasteiger partial charge in [0.05, 0.1) is 0 Å². The van der Waals surface area contributed by atoms with Crippen LogP contribution in [0.15, 0.2) is 40.8 Å². The number of aryl methyl sites for hydroxylation is 2. The van der Waals surface area contributed by atoms with Gasteiger partial charge in [0.2, 0.25) is 0 Å². The van der Waals surface area contributed by atoms with Crippen molar-refractivity contribution in [1.82, 2.24) is 0 Å². The molecule has 0 spiro atoms. The number of carboxylic acids is 1. The van der Waals surface area contributed by atoms with Gasteiger partial charge < -0.3 is 14.8 Å². The Morgan fingerprint density at radius 3 is 2.57 bits per heavy atom. The first-order valence-corrected chi connectivity index (χ1v) is 6.35. The predicted octanol–water partition coefficient (Wildman–Crippen LogP) is 3.25. The molecule has 0 aliphatic rings. The molecule has 1 aromatic heterocycles. The molecule has 2 aromatic rings. The van der Waals surface area contributed by atoms with Crippen molar-refractivity contribution >= 4 is 23.6 Å². The van der Waals surface area contributed by atoms with Crippen molar-refractivity contribution in [3.8, 4) is 0 Å². The summed E-state index contributed by atoms with van der Waals surface area (Å²) in [6.07, 6.45) is 2.51. The molecule has 108 valence electrons. The van der Waals surface area contributed by atoms with Gasteiger partial charge in [0.15, 0.2) is 5.76 Å². The average molecular weight is 285 g/mol. The van der Waals surface area contributed by atoms with E-state index in [0.717, 1.165) is 11.6 Å². The molecule has 0 aliphatic heterocycles. The second-order valence-corrected chi connectivity index (χ2v) is 4.61. The quantitative estimate of drug-likeness (QED) is 0.845. The van der Waals surface area contributed by atoms with Gasteiger partial charge in [-0.3, -0.25) is 4.79 Å². The minimum absolute atomic E-state index is 0.235. The summed E-state index contributed by atoms with van der Waals surface area (Å²) in [6, 6.07) is 8.62. The van der Waals surface area contributed by atoms with Crippen LogP contribution in [0.1, 0.15) is 27.4 Å². The van der Waals surface area contributed by atoms with E-state index in [0.29, 0.717) is 17.0 Å². The van der Waals surface area contributed by atoms with Crippen LogP contribution in [0.4, 0.5) is 5.69 Å². The SMILES string of the molecule is Cc1ccc(C(=O)Nc2cc(C=CC(=O)O)ccc2C)o1. The number of aliphatic carboxylic acids is 1. The van der Waals surface area contributed by atoms with Gasteiger partial charge in [-0.1, -0.05) is 12.1 Å². The van der Waals surface area contributed by atoms with Crippen LogP contribution in [0.5, 0.6) is 0 Å². The van der Waals surface area contributed by atoms with Gasteiger partial charge in [0.25, 0.3) is 5.91 Å². The van der Waals surface area contributed by atoms with E-state index >= 15 is 0 Å². The third kappa shape index (κ3) is 3.82. The van der Waals surface area contributed by atoms with Gasteiger partial charge in [-0.2, -0.15) is 0 Å². The van der Waals surface area contributed by atoms with Gasteiger partial charge in [-0.05, 0) is 49.2 Å². The number of carboxylic acid groups (broad SMARTS) is 1. The van der Waals surface area contributed by atoms with Crippen molar-refractivity contribution in [3.63, 3.8) is 0 Å². The van der Waals surface area contributed by atoms with Crippen LogP contribution < -0.4 is 5.32 Å². The van der Waals surface area contributed by atoms with E-state index in [1.54, 1.807) is 31.2 Å². The first-order valence-electron chi connectivity index (χ1n) is 6.35. The summed E-state index contributed by atoms with van der Waals surface area (Å²) in [5, 5.41) is 11.4. The number of furan rings is 1. The lowest BCUT2D eigenvalue weighted by Gasteiger charge is -2.08. The van der Waals surface area contributed by atoms with E-state index in [9.17, 15) is 9.59 Å². The molecule has 2 rings (SSSR count). The third-order valence-electron chi connectivity index (χ3n) is 2.89. The molecule has 0 saturated heterocycles. The predicted molar refractivity (Wildman–Crippen MR) is 79.2 cm³/mol. The average Bonchev–Trinajstić information content (AvgIpc) is 2.86. The fourth-order valence-corrected chi connectivity index (χ4v) is 1.79. The maximum absolute atomic E-state index is 12.0. The van der Waals surface area contributed by atoms with Gasteiger partial charge in [0, 0.05) is 11.8 Å². The van der Waals surface area contributed by atoms with Crippen LogP contribution in [-0.2, 0) is 4.79 Å². The van der Waals surface area contributed by atoms with Crippen LogP contribution in [0.2, 0.25) is 0 Å². The molecule has 1 heterocycles. The first-order chi connectivity index (χ1) is 9.95. The third-order valence-corrected chi connectivity index (χ3v) is 2.89. The summed E-state index contributed by atoms with van der Waals surface area (Å²) in [4.78, 5) is 22.6. The molecule has 5 heteroatoms. The molecule has 2 N–H and O–H groups in total. The Bertz CT molecular complexity index is 713. The van der Waals surface area contributed by atoms with Crippen molar-refractivity contribution < 1.29 is 19.1 Å². The fourth-order valence-electron chi connectivity index (χ4n) is 1.79. The Labute approximate surface area is 121 Å². The van der Waals surface area contributed by atoms with Gasteiger partial charge in [-0.15, -0.1) is 0 Å². The summed E-state index contributed by atoms with van der Waals surface area (Å²) >= 11 is 0. The van der Waals surface area contributed by atoms with Gasteiger partial charge in [-0.25, -0.2) is 4.79 Å². The Balaban J connectivity index is 2.21. The molecule has 0 saturated carbocycles. The number of nitrogens with one attached hydrogen (secondary N) is 1. The molecule has 0 radical (unpaired) electrons. The monoisotopic (exact) mass is 285 g/mol. The lowest BCUT2D eigenvalue weighted by atomic mass is 10.1. The van der Waals surface area contributed by atoms with Crippen LogP contribution in [0.3, 0.4) is 0 Å². The normalized spacial score (nSPS) is 10.8. The molecule has 0 atom stereocenters. The van der Waals surface area contributed by atoms with E-state index in [1.165, 1.54) is 6.08 Å². The molecule has 1 aromatic carbocycles. The summed E-state index contributed by atoms with van der Waals surface area (Å²) in [5.74, 6) is -0.466. The van der Waals surface area contributed by atoms with Gasteiger partial charge in [0.1, 0.15) is 5.76 Å². The lowest BCUT2D eigenvalue weighted by Crippen LogP contribution is -2.11. The molecule has 0 aliphatic carbocycles. The number of hydrogen-bond acceptors (Lipinski definition) is 3. The molecular formula is C16H15NO4. The fraction of sp³-hybridized carbons (Fsp3) is 0.125. The highest BCUT2D eigenvalue weighted by molar-refractivity contribution is 6.02. The Morgan fingerprint density at radius 2 is 1.95 bits per heavy atom. The molecular weight excluding hydrogens is 270 g/mol. The maximum Gasteiger partial charge on any atom is 0.328 e. The first kappa shape index (κ1) is 14.6. The topological polar surface area (TPSA) is 79.5 Å². The van der Waals surface area contributed by atoms with Crippen molar-refractivity contribution in [3.05, 3.63) is 59.1 Å². The largest absolute Gasteiger partial charge is 0.478 e. The zero-order valence-electron chi connectivity index (χ0n) is 11.7. The van der Waals surface area contributed by atoms with Crippen LogP contribution in [-0.4, -0.2) is 17.0 Å². The molecule has 21 heavy (non-hydrogen) atoms. The highest BCUT2D eigenvalue weighted by Gasteiger charge is 2.11. The van der Waals surface area contributed by atoms with Crippen LogP contribution in [0.25, 0.3) is 6.08 Å². The van der Waals surface area contributed by atoms with Crippen LogP contribution >= 0.6 is 0 Å². The van der Waals surface area contributed by atoms with Crippen molar-refractivity contribution in [2.24, 2.45) is 0 Å². The standard InChI is InChI=1S/C16H15NO4/c1-10-3-5-12(6-8-15(18)19)9-13(10)17-16(20)14-7-4-11(2)21-14/h3-9H,1-2H3,(H,17,20)(H,18,19). The zero-order valence-corrected chi connectivity index (χ0v) is 11.7.